The fraction of sp³-hybridized carbons (Fsp3) is 0.548. The van der Waals surface area contributed by atoms with Gasteiger partial charge in [0.05, 0.1) is 31.9 Å². The molecule has 210 valence electrons. The molecule has 4 unspecified atom stereocenters. The molecule has 1 aliphatic carbocycles. The second kappa shape index (κ2) is 9.13. The molecule has 39 heavy (non-hydrogen) atoms. The Hall–Kier alpha value is -2.77. The Morgan fingerprint density at radius 2 is 1.56 bits per heavy atom. The molecule has 4 atom stereocenters. The van der Waals surface area contributed by atoms with Crippen LogP contribution in [-0.2, 0) is 15.6 Å². The average Bonchev–Trinajstić information content (AvgIpc) is 3.44. The second-order valence-corrected chi connectivity index (χ2v) is 13.6. The van der Waals surface area contributed by atoms with Crippen molar-refractivity contribution in [3.8, 4) is 17.2 Å². The first kappa shape index (κ1) is 27.8. The number of methoxy groups -OCH3 is 2. The van der Waals surface area contributed by atoms with Gasteiger partial charge in [0.25, 0.3) is 0 Å². The van der Waals surface area contributed by atoms with Crippen molar-refractivity contribution >= 4 is 28.9 Å². The number of fused-ring (bicyclic) bond motifs is 3. The third-order valence-electron chi connectivity index (χ3n) is 8.60. The maximum Gasteiger partial charge on any atom is 0.215 e. The third kappa shape index (κ3) is 4.20. The number of halogens is 1. The van der Waals surface area contributed by atoms with E-state index in [2.05, 4.69) is 65.2 Å². The summed E-state index contributed by atoms with van der Waals surface area (Å²) >= 11 is 6.66. The lowest BCUT2D eigenvalue weighted by atomic mass is 9.65. The van der Waals surface area contributed by atoms with Crippen LogP contribution in [0.1, 0.15) is 76.4 Å². The highest BCUT2D eigenvalue weighted by Crippen LogP contribution is 2.55. The Morgan fingerprint density at radius 1 is 0.974 bits per heavy atom. The highest BCUT2D eigenvalue weighted by Gasteiger charge is 2.66. The Bertz CT molecular complexity index is 1330. The first-order valence-electron chi connectivity index (χ1n) is 13.5. The Balaban J connectivity index is 1.61. The Morgan fingerprint density at radius 3 is 2.10 bits per heavy atom. The predicted molar refractivity (Wildman–Crippen MR) is 153 cm³/mol. The molecule has 0 bridgehead atoms. The summed E-state index contributed by atoms with van der Waals surface area (Å²) < 4.78 is 17.6. The van der Waals surface area contributed by atoms with Crippen LogP contribution in [0.4, 0.5) is 5.69 Å². The van der Waals surface area contributed by atoms with Crippen LogP contribution in [0.25, 0.3) is 0 Å². The fourth-order valence-corrected chi connectivity index (χ4v) is 6.43. The minimum atomic E-state index is -1.31. The maximum atomic E-state index is 14.3. The zero-order chi connectivity index (χ0) is 28.7. The van der Waals surface area contributed by atoms with Crippen molar-refractivity contribution in [3.63, 3.8) is 0 Å². The molecule has 5 rings (SSSR count). The molecule has 1 saturated heterocycles. The van der Waals surface area contributed by atoms with Gasteiger partial charge in [-0.05, 0) is 34.1 Å². The number of nitrogens with one attached hydrogen (secondary N) is 1. The van der Waals surface area contributed by atoms with Crippen molar-refractivity contribution in [1.29, 1.82) is 0 Å². The standard InChI is InChI=1S/C31H39ClN2O5/c1-16-10-21(35)20-15-34(19-12-17(29(2,3)4)11-18(13-19)30(5,6)7)33-27(20)31(16)28(36)24-22(37-8)14-23(38-9)25(32)26(24)39-31/h11-14,16,20,27,33H,10,15H2,1-9H3. The van der Waals surface area contributed by atoms with Crippen LogP contribution in [0.2, 0.25) is 5.02 Å². The van der Waals surface area contributed by atoms with Crippen LogP contribution < -0.4 is 24.6 Å². The van der Waals surface area contributed by atoms with E-state index in [1.54, 1.807) is 6.07 Å². The number of hydrazine groups is 1. The summed E-state index contributed by atoms with van der Waals surface area (Å²) in [5.41, 5.74) is 5.81. The zero-order valence-electron chi connectivity index (χ0n) is 24.3. The maximum absolute atomic E-state index is 14.3. The molecule has 2 aliphatic heterocycles. The summed E-state index contributed by atoms with van der Waals surface area (Å²) in [6, 6.07) is 7.66. The van der Waals surface area contributed by atoms with Gasteiger partial charge < -0.3 is 19.2 Å². The molecule has 2 aromatic carbocycles. The van der Waals surface area contributed by atoms with Gasteiger partial charge in [0.2, 0.25) is 5.78 Å². The summed E-state index contributed by atoms with van der Waals surface area (Å²) in [5.74, 6) is 0.0576. The van der Waals surface area contributed by atoms with Crippen molar-refractivity contribution in [2.75, 3.05) is 25.8 Å². The lowest BCUT2D eigenvalue weighted by Gasteiger charge is -2.43. The molecule has 1 N–H and O–H groups in total. The summed E-state index contributed by atoms with van der Waals surface area (Å²) in [7, 11) is 3.01. The number of ketones is 2. The molecule has 1 spiro atoms. The highest BCUT2D eigenvalue weighted by atomic mass is 35.5. The number of nitrogens with zero attached hydrogens (tertiary/aromatic N) is 1. The van der Waals surface area contributed by atoms with Gasteiger partial charge in [0.1, 0.15) is 27.9 Å². The summed E-state index contributed by atoms with van der Waals surface area (Å²) in [4.78, 5) is 27.7. The molecule has 1 saturated carbocycles. The minimum Gasteiger partial charge on any atom is -0.496 e. The van der Waals surface area contributed by atoms with Gasteiger partial charge in [-0.3, -0.25) is 9.59 Å². The van der Waals surface area contributed by atoms with E-state index in [9.17, 15) is 9.59 Å². The quantitative estimate of drug-likeness (QED) is 0.507. The number of carbonyl (C=O) groups excluding carboxylic acids is 2. The fourth-order valence-electron chi connectivity index (χ4n) is 6.17. The van der Waals surface area contributed by atoms with E-state index in [0.717, 1.165) is 5.69 Å². The summed E-state index contributed by atoms with van der Waals surface area (Å²) in [5, 5.41) is 2.25. The van der Waals surface area contributed by atoms with E-state index in [1.165, 1.54) is 25.3 Å². The minimum absolute atomic E-state index is 0.0629. The van der Waals surface area contributed by atoms with Crippen molar-refractivity contribution in [2.45, 2.75) is 77.4 Å². The molecule has 0 aromatic heterocycles. The SMILES string of the molecule is COc1cc(OC)c2c(c1Cl)OC1(C2=O)C(C)CC(=O)C2CN(c3cc(C(C)(C)C)cc(C(C)(C)C)c3)NC21. The van der Waals surface area contributed by atoms with Gasteiger partial charge in [-0.15, -0.1) is 0 Å². The lowest BCUT2D eigenvalue weighted by Crippen LogP contribution is -2.66. The monoisotopic (exact) mass is 554 g/mol. The van der Waals surface area contributed by atoms with Gasteiger partial charge in [-0.2, -0.15) is 0 Å². The number of rotatable bonds is 3. The number of benzene rings is 2. The molecular weight excluding hydrogens is 516 g/mol. The average molecular weight is 555 g/mol. The number of hydrogen-bond donors (Lipinski definition) is 1. The Labute approximate surface area is 236 Å². The molecule has 0 radical (unpaired) electrons. The van der Waals surface area contributed by atoms with Crippen molar-refractivity contribution in [3.05, 3.63) is 46.0 Å². The van der Waals surface area contributed by atoms with Crippen LogP contribution in [-0.4, -0.2) is 44.0 Å². The van der Waals surface area contributed by atoms with E-state index >= 15 is 0 Å². The van der Waals surface area contributed by atoms with Gasteiger partial charge >= 0.3 is 0 Å². The zero-order valence-corrected chi connectivity index (χ0v) is 25.1. The lowest BCUT2D eigenvalue weighted by molar-refractivity contribution is -0.131. The van der Waals surface area contributed by atoms with E-state index in [-0.39, 0.29) is 45.5 Å². The van der Waals surface area contributed by atoms with Crippen LogP contribution in [0.3, 0.4) is 0 Å². The largest absolute Gasteiger partial charge is 0.496 e. The number of anilines is 1. The molecule has 2 aromatic rings. The normalized spacial score (nSPS) is 26.5. The number of carbonyl (C=O) groups is 2. The molecule has 2 heterocycles. The van der Waals surface area contributed by atoms with Gasteiger partial charge in [-0.25, -0.2) is 5.43 Å². The van der Waals surface area contributed by atoms with Crippen LogP contribution >= 0.6 is 11.6 Å². The third-order valence-corrected chi connectivity index (χ3v) is 8.96. The highest BCUT2D eigenvalue weighted by molar-refractivity contribution is 6.35. The molecular formula is C31H39ClN2O5. The predicted octanol–water partition coefficient (Wildman–Crippen LogP) is 5.88. The van der Waals surface area contributed by atoms with Crippen molar-refractivity contribution in [1.82, 2.24) is 5.43 Å². The first-order valence-corrected chi connectivity index (χ1v) is 13.9. The summed E-state index contributed by atoms with van der Waals surface area (Å²) in [6.45, 7) is 15.5. The molecule has 0 amide bonds. The van der Waals surface area contributed by atoms with Crippen LogP contribution in [0, 0.1) is 11.8 Å². The van der Waals surface area contributed by atoms with E-state index < -0.39 is 17.6 Å². The molecule has 2 fully saturated rings. The second-order valence-electron chi connectivity index (χ2n) is 13.2. The molecule has 7 nitrogen and oxygen atoms in total. The smallest absolute Gasteiger partial charge is 0.215 e. The van der Waals surface area contributed by atoms with Gasteiger partial charge in [-0.1, -0.05) is 66.1 Å². The molecule has 8 heteroatoms. The summed E-state index contributed by atoms with van der Waals surface area (Å²) in [6.07, 6.45) is 0.239. The first-order chi connectivity index (χ1) is 18.1. The van der Waals surface area contributed by atoms with E-state index in [1.807, 2.05) is 11.9 Å². The van der Waals surface area contributed by atoms with Crippen molar-refractivity contribution < 1.29 is 23.8 Å². The topological polar surface area (TPSA) is 77.1 Å². The van der Waals surface area contributed by atoms with E-state index in [4.69, 9.17) is 25.8 Å². The van der Waals surface area contributed by atoms with Gasteiger partial charge in [0.15, 0.2) is 11.4 Å². The molecule has 3 aliphatic rings. The van der Waals surface area contributed by atoms with E-state index in [0.29, 0.717) is 23.6 Å². The van der Waals surface area contributed by atoms with Crippen LogP contribution in [0.15, 0.2) is 24.3 Å². The number of ether oxygens (including phenoxy) is 3. The Kier molecular flexibility index (Phi) is 6.51. The van der Waals surface area contributed by atoms with Crippen LogP contribution in [0.5, 0.6) is 17.2 Å². The number of Topliss-reactive ketones (excluding diaryl/α,β-unsaturated/α-hetero) is 2. The van der Waals surface area contributed by atoms with Gasteiger partial charge in [0, 0.05) is 24.9 Å². The van der Waals surface area contributed by atoms with Crippen molar-refractivity contribution in [2.24, 2.45) is 11.8 Å². The number of hydrogen-bond acceptors (Lipinski definition) is 7.